The third-order valence-corrected chi connectivity index (χ3v) is 4.41. The molecule has 0 saturated carbocycles. The number of nitrogens with zero attached hydrogens (tertiary/aromatic N) is 2. The molecule has 1 saturated heterocycles. The SMILES string of the molecule is CCNC(=NCC(O)c1ccc(Cl)s1)N1CCCC1.I. The Hall–Kier alpha value is -0.0500. The van der Waals surface area contributed by atoms with E-state index in [0.717, 1.165) is 30.5 Å². The molecule has 4 nitrogen and oxygen atoms in total. The summed E-state index contributed by atoms with van der Waals surface area (Å²) in [6.45, 7) is 5.37. The summed E-state index contributed by atoms with van der Waals surface area (Å²) >= 11 is 7.28. The monoisotopic (exact) mass is 429 g/mol. The minimum absolute atomic E-state index is 0. The minimum Gasteiger partial charge on any atom is -0.386 e. The Morgan fingerprint density at radius 2 is 2.20 bits per heavy atom. The maximum absolute atomic E-state index is 10.1. The summed E-state index contributed by atoms with van der Waals surface area (Å²) in [5, 5.41) is 13.4. The molecule has 1 unspecified atom stereocenters. The van der Waals surface area contributed by atoms with Gasteiger partial charge in [-0.1, -0.05) is 11.6 Å². The Kier molecular flexibility index (Phi) is 8.16. The molecule has 1 aromatic heterocycles. The van der Waals surface area contributed by atoms with Crippen LogP contribution in [0.1, 0.15) is 30.7 Å². The fourth-order valence-corrected chi connectivity index (χ4v) is 3.16. The van der Waals surface area contributed by atoms with Crippen LogP contribution in [0.3, 0.4) is 0 Å². The first-order valence-corrected chi connectivity index (χ1v) is 7.86. The fraction of sp³-hybridized carbons (Fsp3) is 0.615. The number of aliphatic hydroxyl groups excluding tert-OH is 1. The van der Waals surface area contributed by atoms with E-state index in [1.165, 1.54) is 24.2 Å². The Bertz CT molecular complexity index is 435. The lowest BCUT2D eigenvalue weighted by Crippen LogP contribution is -2.39. The zero-order valence-corrected chi connectivity index (χ0v) is 15.4. The standard InChI is InChI=1S/C13H20ClN3OS.HI/c1-2-15-13(17-7-3-4-8-17)16-9-10(18)11-5-6-12(14)19-11;/h5-6,10,18H,2-4,7-9H2,1H3,(H,15,16);1H. The number of guanidine groups is 1. The average molecular weight is 430 g/mol. The van der Waals surface area contributed by atoms with Crippen LogP contribution in [0.25, 0.3) is 0 Å². The van der Waals surface area contributed by atoms with E-state index in [1.807, 2.05) is 6.07 Å². The van der Waals surface area contributed by atoms with E-state index < -0.39 is 6.10 Å². The third kappa shape index (κ3) is 5.05. The molecule has 1 atom stereocenters. The van der Waals surface area contributed by atoms with Crippen LogP contribution in [-0.2, 0) is 0 Å². The van der Waals surface area contributed by atoms with Crippen LogP contribution >= 0.6 is 46.9 Å². The van der Waals surface area contributed by atoms with Crippen molar-refractivity contribution in [2.75, 3.05) is 26.2 Å². The average Bonchev–Trinajstić information content (AvgIpc) is 3.05. The van der Waals surface area contributed by atoms with E-state index in [1.54, 1.807) is 6.07 Å². The van der Waals surface area contributed by atoms with Gasteiger partial charge in [0.15, 0.2) is 5.96 Å². The van der Waals surface area contributed by atoms with Crippen LogP contribution in [0.4, 0.5) is 0 Å². The van der Waals surface area contributed by atoms with E-state index in [-0.39, 0.29) is 24.0 Å². The van der Waals surface area contributed by atoms with Crippen molar-refractivity contribution < 1.29 is 5.11 Å². The number of rotatable bonds is 4. The number of aliphatic imine (C=N–C) groups is 1. The molecule has 2 N–H and O–H groups in total. The quantitative estimate of drug-likeness (QED) is 0.439. The van der Waals surface area contributed by atoms with E-state index in [0.29, 0.717) is 10.9 Å². The zero-order valence-electron chi connectivity index (χ0n) is 11.5. The molecule has 0 aliphatic carbocycles. The molecule has 1 fully saturated rings. The summed E-state index contributed by atoms with van der Waals surface area (Å²) in [4.78, 5) is 7.64. The van der Waals surface area contributed by atoms with Crippen LogP contribution in [-0.4, -0.2) is 42.1 Å². The van der Waals surface area contributed by atoms with Crippen molar-refractivity contribution in [1.29, 1.82) is 0 Å². The summed E-state index contributed by atoms with van der Waals surface area (Å²) in [6, 6.07) is 3.66. The molecule has 0 amide bonds. The molecule has 1 aromatic rings. The molecule has 2 heterocycles. The molecule has 2 rings (SSSR count). The largest absolute Gasteiger partial charge is 0.386 e. The highest BCUT2D eigenvalue weighted by Crippen LogP contribution is 2.27. The molecular formula is C13H21ClIN3OS. The fourth-order valence-electron chi connectivity index (χ4n) is 2.13. The smallest absolute Gasteiger partial charge is 0.194 e. The van der Waals surface area contributed by atoms with Crippen molar-refractivity contribution in [3.63, 3.8) is 0 Å². The van der Waals surface area contributed by atoms with Gasteiger partial charge in [0, 0.05) is 24.5 Å². The number of hydrogen-bond acceptors (Lipinski definition) is 3. The van der Waals surface area contributed by atoms with Gasteiger partial charge in [0.05, 0.1) is 10.9 Å². The van der Waals surface area contributed by atoms with Crippen molar-refractivity contribution in [2.24, 2.45) is 4.99 Å². The van der Waals surface area contributed by atoms with E-state index in [9.17, 15) is 5.11 Å². The number of nitrogens with one attached hydrogen (secondary N) is 1. The maximum Gasteiger partial charge on any atom is 0.194 e. The van der Waals surface area contributed by atoms with Gasteiger partial charge in [-0.2, -0.15) is 0 Å². The van der Waals surface area contributed by atoms with Crippen LogP contribution in [0, 0.1) is 0 Å². The van der Waals surface area contributed by atoms with E-state index >= 15 is 0 Å². The van der Waals surface area contributed by atoms with Crippen molar-refractivity contribution >= 4 is 52.9 Å². The molecule has 7 heteroatoms. The summed E-state index contributed by atoms with van der Waals surface area (Å²) in [5.41, 5.74) is 0. The third-order valence-electron chi connectivity index (χ3n) is 3.08. The van der Waals surface area contributed by atoms with Crippen molar-refractivity contribution in [3.8, 4) is 0 Å². The predicted molar refractivity (Wildman–Crippen MR) is 96.5 cm³/mol. The first kappa shape index (κ1) is 18.0. The van der Waals surface area contributed by atoms with Crippen molar-refractivity contribution in [2.45, 2.75) is 25.9 Å². The van der Waals surface area contributed by atoms with E-state index in [2.05, 4.69) is 22.1 Å². The minimum atomic E-state index is -0.575. The topological polar surface area (TPSA) is 47.9 Å². The molecule has 0 radical (unpaired) electrons. The Morgan fingerprint density at radius 1 is 1.50 bits per heavy atom. The summed E-state index contributed by atoms with van der Waals surface area (Å²) < 4.78 is 0.699. The highest BCUT2D eigenvalue weighted by Gasteiger charge is 2.16. The lowest BCUT2D eigenvalue weighted by atomic mass is 10.3. The van der Waals surface area contributed by atoms with Crippen LogP contribution < -0.4 is 5.32 Å². The lowest BCUT2D eigenvalue weighted by Gasteiger charge is -2.21. The van der Waals surface area contributed by atoms with Crippen LogP contribution in [0.15, 0.2) is 17.1 Å². The van der Waals surface area contributed by atoms with Gasteiger partial charge >= 0.3 is 0 Å². The molecule has 114 valence electrons. The molecular weight excluding hydrogens is 409 g/mol. The molecule has 1 aliphatic heterocycles. The second kappa shape index (κ2) is 9.07. The Morgan fingerprint density at radius 3 is 2.75 bits per heavy atom. The highest BCUT2D eigenvalue weighted by atomic mass is 127. The molecule has 0 spiro atoms. The van der Waals surface area contributed by atoms with Crippen LogP contribution in [0.2, 0.25) is 4.34 Å². The number of hydrogen-bond donors (Lipinski definition) is 2. The normalized spacial score (nSPS) is 16.9. The van der Waals surface area contributed by atoms with Gasteiger partial charge < -0.3 is 15.3 Å². The first-order chi connectivity index (χ1) is 9.20. The van der Waals surface area contributed by atoms with Crippen LogP contribution in [0.5, 0.6) is 0 Å². The van der Waals surface area contributed by atoms with Gasteiger partial charge in [0.1, 0.15) is 6.10 Å². The molecule has 0 aromatic carbocycles. The summed E-state index contributed by atoms with van der Waals surface area (Å²) in [5.74, 6) is 0.904. The highest BCUT2D eigenvalue weighted by molar-refractivity contribution is 14.0. The summed E-state index contributed by atoms with van der Waals surface area (Å²) in [6.07, 6.45) is 1.86. The zero-order chi connectivity index (χ0) is 13.7. The second-order valence-electron chi connectivity index (χ2n) is 4.55. The van der Waals surface area contributed by atoms with Gasteiger partial charge in [-0.3, -0.25) is 4.99 Å². The maximum atomic E-state index is 10.1. The lowest BCUT2D eigenvalue weighted by molar-refractivity contribution is 0.190. The van der Waals surface area contributed by atoms with Crippen molar-refractivity contribution in [1.82, 2.24) is 10.2 Å². The van der Waals surface area contributed by atoms with Gasteiger partial charge in [0.2, 0.25) is 0 Å². The number of likely N-dealkylation sites (tertiary alicyclic amines) is 1. The Balaban J connectivity index is 0.00000200. The van der Waals surface area contributed by atoms with Crippen molar-refractivity contribution in [3.05, 3.63) is 21.3 Å². The van der Waals surface area contributed by atoms with E-state index in [4.69, 9.17) is 11.6 Å². The van der Waals surface area contributed by atoms with Gasteiger partial charge in [0.25, 0.3) is 0 Å². The number of aliphatic hydroxyl groups is 1. The first-order valence-electron chi connectivity index (χ1n) is 6.67. The number of halogens is 2. The molecule has 0 bridgehead atoms. The summed E-state index contributed by atoms with van der Waals surface area (Å²) in [7, 11) is 0. The number of thiophene rings is 1. The predicted octanol–water partition coefficient (Wildman–Crippen LogP) is 3.11. The second-order valence-corrected chi connectivity index (χ2v) is 6.29. The Labute approximate surface area is 146 Å². The molecule has 1 aliphatic rings. The van der Waals surface area contributed by atoms with Gasteiger partial charge in [-0.15, -0.1) is 35.3 Å². The van der Waals surface area contributed by atoms with Gasteiger partial charge in [-0.25, -0.2) is 0 Å². The molecule has 20 heavy (non-hydrogen) atoms. The van der Waals surface area contributed by atoms with Gasteiger partial charge in [-0.05, 0) is 31.9 Å².